The van der Waals surface area contributed by atoms with E-state index >= 15 is 0 Å². The van der Waals surface area contributed by atoms with Crippen molar-refractivity contribution < 1.29 is 14.4 Å². The molecule has 0 N–H and O–H groups in total. The fourth-order valence-corrected chi connectivity index (χ4v) is 5.41. The number of fused-ring (bicyclic) bond motifs is 2. The van der Waals surface area contributed by atoms with Gasteiger partial charge in [-0.05, 0) is 61.4 Å². The minimum Gasteiger partial charge on any atom is -0.335 e. The summed E-state index contributed by atoms with van der Waals surface area (Å²) in [6.45, 7) is 1.00. The normalized spacial score (nSPS) is 23.3. The van der Waals surface area contributed by atoms with Gasteiger partial charge in [-0.15, -0.1) is 0 Å². The monoisotopic (exact) mass is 402 g/mol. The van der Waals surface area contributed by atoms with Gasteiger partial charge in [0.25, 0.3) is 17.7 Å². The lowest BCUT2D eigenvalue weighted by Gasteiger charge is -2.44. The molecule has 5 nitrogen and oxygen atoms in total. The third kappa shape index (κ3) is 3.22. The van der Waals surface area contributed by atoms with Gasteiger partial charge in [-0.25, -0.2) is 0 Å². The first-order chi connectivity index (χ1) is 14.6. The standard InChI is InChI=1S/C25H26N2O3/c28-23(26-14-6-10-18-8-1-4-13-22(18)26)19-9-5-7-17(15-19)16-27-24(29)20-11-2-3-12-21(20)25(27)30/h2-3,5,7,9,11-12,15,18,22H,1,4,6,8,10,13-14,16H2. The number of hydrogen-bond acceptors (Lipinski definition) is 3. The molecule has 2 atom stereocenters. The molecule has 2 heterocycles. The lowest BCUT2D eigenvalue weighted by atomic mass is 9.78. The SMILES string of the molecule is O=C1c2ccccc2C(=O)N1Cc1cccc(C(=O)N2CCCC3CCCCC32)c1. The van der Waals surface area contributed by atoms with Crippen LogP contribution in [0.4, 0.5) is 0 Å². The Balaban J connectivity index is 1.35. The third-order valence-corrected chi connectivity index (χ3v) is 6.90. The van der Waals surface area contributed by atoms with Crippen molar-refractivity contribution in [2.45, 2.75) is 51.1 Å². The fraction of sp³-hybridized carbons (Fsp3) is 0.400. The average molecular weight is 402 g/mol. The lowest BCUT2D eigenvalue weighted by molar-refractivity contribution is 0.0390. The molecule has 30 heavy (non-hydrogen) atoms. The van der Waals surface area contributed by atoms with Crippen LogP contribution < -0.4 is 0 Å². The van der Waals surface area contributed by atoms with Crippen LogP contribution in [0.25, 0.3) is 0 Å². The molecule has 0 radical (unpaired) electrons. The van der Waals surface area contributed by atoms with E-state index in [0.717, 1.165) is 24.9 Å². The first kappa shape index (κ1) is 19.0. The molecule has 2 aromatic carbocycles. The second-order valence-electron chi connectivity index (χ2n) is 8.70. The minimum absolute atomic E-state index is 0.0795. The summed E-state index contributed by atoms with van der Waals surface area (Å²) in [6, 6.07) is 14.7. The van der Waals surface area contributed by atoms with Crippen molar-refractivity contribution in [3.63, 3.8) is 0 Å². The van der Waals surface area contributed by atoms with E-state index in [2.05, 4.69) is 4.90 Å². The second-order valence-corrected chi connectivity index (χ2v) is 8.70. The van der Waals surface area contributed by atoms with Crippen LogP contribution in [0.3, 0.4) is 0 Å². The van der Waals surface area contributed by atoms with Gasteiger partial charge in [0.1, 0.15) is 0 Å². The molecular formula is C25H26N2O3. The van der Waals surface area contributed by atoms with Crippen molar-refractivity contribution in [1.29, 1.82) is 0 Å². The molecule has 1 aliphatic carbocycles. The molecule has 3 amide bonds. The maximum absolute atomic E-state index is 13.3. The summed E-state index contributed by atoms with van der Waals surface area (Å²) >= 11 is 0. The summed E-state index contributed by atoms with van der Waals surface area (Å²) in [5.41, 5.74) is 2.35. The highest BCUT2D eigenvalue weighted by atomic mass is 16.2. The van der Waals surface area contributed by atoms with E-state index in [1.165, 1.54) is 30.6 Å². The Morgan fingerprint density at radius 2 is 1.57 bits per heavy atom. The van der Waals surface area contributed by atoms with Crippen LogP contribution in [0.5, 0.6) is 0 Å². The molecule has 5 heteroatoms. The number of nitrogens with zero attached hydrogens (tertiary/aromatic N) is 2. The quantitative estimate of drug-likeness (QED) is 0.720. The van der Waals surface area contributed by atoms with Gasteiger partial charge in [0.2, 0.25) is 0 Å². The van der Waals surface area contributed by atoms with Crippen molar-refractivity contribution in [2.24, 2.45) is 5.92 Å². The van der Waals surface area contributed by atoms with E-state index in [4.69, 9.17) is 0 Å². The van der Waals surface area contributed by atoms with E-state index in [9.17, 15) is 14.4 Å². The van der Waals surface area contributed by atoms with Gasteiger partial charge >= 0.3 is 0 Å². The number of rotatable bonds is 3. The zero-order chi connectivity index (χ0) is 20.7. The molecule has 2 unspecified atom stereocenters. The number of benzene rings is 2. The molecule has 2 fully saturated rings. The van der Waals surface area contributed by atoms with E-state index in [1.807, 2.05) is 24.3 Å². The first-order valence-electron chi connectivity index (χ1n) is 11.0. The zero-order valence-corrected chi connectivity index (χ0v) is 17.0. The van der Waals surface area contributed by atoms with Crippen molar-refractivity contribution in [3.8, 4) is 0 Å². The van der Waals surface area contributed by atoms with Crippen molar-refractivity contribution in [1.82, 2.24) is 9.80 Å². The highest BCUT2D eigenvalue weighted by Gasteiger charge is 2.37. The van der Waals surface area contributed by atoms with Gasteiger partial charge < -0.3 is 4.90 Å². The predicted octanol–water partition coefficient (Wildman–Crippen LogP) is 4.28. The van der Waals surface area contributed by atoms with Crippen LogP contribution in [0.1, 0.15) is 75.2 Å². The summed E-state index contributed by atoms with van der Waals surface area (Å²) < 4.78 is 0. The molecule has 0 bridgehead atoms. The molecule has 3 aliphatic rings. The number of hydrogen-bond donors (Lipinski definition) is 0. The summed E-state index contributed by atoms with van der Waals surface area (Å²) in [5, 5.41) is 0. The third-order valence-electron chi connectivity index (χ3n) is 6.90. The zero-order valence-electron chi connectivity index (χ0n) is 17.0. The molecule has 154 valence electrons. The van der Waals surface area contributed by atoms with Crippen LogP contribution in [0, 0.1) is 5.92 Å². The molecule has 2 aliphatic heterocycles. The summed E-state index contributed by atoms with van der Waals surface area (Å²) in [5.74, 6) is 0.176. The van der Waals surface area contributed by atoms with Gasteiger partial charge in [-0.2, -0.15) is 0 Å². The molecule has 0 spiro atoms. The Kier molecular flexibility index (Phi) is 4.89. The van der Waals surface area contributed by atoms with Crippen LogP contribution in [-0.2, 0) is 6.54 Å². The number of likely N-dealkylation sites (tertiary alicyclic amines) is 1. The Labute approximate surface area is 176 Å². The average Bonchev–Trinajstić information content (AvgIpc) is 3.03. The fourth-order valence-electron chi connectivity index (χ4n) is 5.41. The Morgan fingerprint density at radius 3 is 2.33 bits per heavy atom. The molecule has 0 aromatic heterocycles. The number of imide groups is 1. The highest BCUT2D eigenvalue weighted by Crippen LogP contribution is 2.36. The second kappa shape index (κ2) is 7.71. The van der Waals surface area contributed by atoms with Crippen molar-refractivity contribution >= 4 is 17.7 Å². The van der Waals surface area contributed by atoms with Crippen LogP contribution in [0.2, 0.25) is 0 Å². The smallest absolute Gasteiger partial charge is 0.261 e. The first-order valence-corrected chi connectivity index (χ1v) is 11.0. The van der Waals surface area contributed by atoms with E-state index in [-0.39, 0.29) is 24.3 Å². The van der Waals surface area contributed by atoms with Crippen LogP contribution >= 0.6 is 0 Å². The minimum atomic E-state index is -0.270. The van der Waals surface area contributed by atoms with Crippen LogP contribution in [0.15, 0.2) is 48.5 Å². The Hall–Kier alpha value is -2.95. The van der Waals surface area contributed by atoms with Gasteiger partial charge in [0.15, 0.2) is 0 Å². The van der Waals surface area contributed by atoms with Gasteiger partial charge in [0, 0.05) is 18.2 Å². The molecule has 5 rings (SSSR count). The number of carbonyl (C=O) groups excluding carboxylic acids is 3. The Bertz CT molecular complexity index is 978. The lowest BCUT2D eigenvalue weighted by Crippen LogP contribution is -2.49. The maximum Gasteiger partial charge on any atom is 0.261 e. The largest absolute Gasteiger partial charge is 0.335 e. The maximum atomic E-state index is 13.3. The summed E-state index contributed by atoms with van der Waals surface area (Å²) in [4.78, 5) is 42.0. The molecule has 1 saturated carbocycles. The van der Waals surface area contributed by atoms with Gasteiger partial charge in [-0.1, -0.05) is 37.1 Å². The summed E-state index contributed by atoms with van der Waals surface area (Å²) in [7, 11) is 0. The van der Waals surface area contributed by atoms with E-state index < -0.39 is 0 Å². The Morgan fingerprint density at radius 1 is 0.867 bits per heavy atom. The van der Waals surface area contributed by atoms with Gasteiger partial charge in [-0.3, -0.25) is 19.3 Å². The topological polar surface area (TPSA) is 57.7 Å². The number of piperidine rings is 1. The molecular weight excluding hydrogens is 376 g/mol. The predicted molar refractivity (Wildman–Crippen MR) is 113 cm³/mol. The highest BCUT2D eigenvalue weighted by molar-refractivity contribution is 6.21. The number of carbonyl (C=O) groups is 3. The number of amides is 3. The van der Waals surface area contributed by atoms with Crippen molar-refractivity contribution in [3.05, 3.63) is 70.8 Å². The van der Waals surface area contributed by atoms with E-state index in [0.29, 0.717) is 28.7 Å². The molecule has 1 saturated heterocycles. The van der Waals surface area contributed by atoms with Crippen molar-refractivity contribution in [2.75, 3.05) is 6.54 Å². The van der Waals surface area contributed by atoms with Gasteiger partial charge in [0.05, 0.1) is 17.7 Å². The summed E-state index contributed by atoms with van der Waals surface area (Å²) in [6.07, 6.45) is 7.11. The van der Waals surface area contributed by atoms with Crippen LogP contribution in [-0.4, -0.2) is 40.1 Å². The molecule has 2 aromatic rings. The van der Waals surface area contributed by atoms with E-state index in [1.54, 1.807) is 24.3 Å².